The van der Waals surface area contributed by atoms with E-state index < -0.39 is 0 Å². The smallest absolute Gasteiger partial charge is 0.255 e. The molecule has 0 radical (unpaired) electrons. The van der Waals surface area contributed by atoms with Crippen molar-refractivity contribution in [2.24, 2.45) is 0 Å². The molecule has 4 aromatic rings. The number of nitrogens with one attached hydrogen (secondary N) is 1. The van der Waals surface area contributed by atoms with Crippen molar-refractivity contribution in [1.29, 1.82) is 0 Å². The summed E-state index contributed by atoms with van der Waals surface area (Å²) >= 11 is 0. The number of carbonyl (C=O) groups excluding carboxylic acids is 1. The Morgan fingerprint density at radius 1 is 0.964 bits per heavy atom. The molecule has 2 heterocycles. The number of hydrogen-bond acceptors (Lipinski definition) is 5. The third-order valence-corrected chi connectivity index (χ3v) is 4.37. The Kier molecular flexibility index (Phi) is 3.72. The molecule has 1 N–H and O–H groups in total. The summed E-state index contributed by atoms with van der Waals surface area (Å²) in [6.45, 7) is 0.152. The number of fused-ring (bicyclic) bond motifs is 2. The first-order chi connectivity index (χ1) is 13.7. The molecule has 3 aromatic carbocycles. The predicted octanol–water partition coefficient (Wildman–Crippen LogP) is 4.61. The molecule has 5 rings (SSSR count). The maximum atomic E-state index is 13.1. The van der Waals surface area contributed by atoms with Gasteiger partial charge in [-0.2, -0.15) is 0 Å². The van der Waals surface area contributed by atoms with Crippen molar-refractivity contribution in [1.82, 2.24) is 4.98 Å². The minimum Gasteiger partial charge on any atom is -0.454 e. The SMILES string of the molecule is O=C(Nc1ccc2oc(-c3ccc(F)cc3)nc2c1)c1ccc2c(c1)OCO2. The van der Waals surface area contributed by atoms with E-state index in [-0.39, 0.29) is 18.5 Å². The van der Waals surface area contributed by atoms with E-state index in [1.807, 2.05) is 0 Å². The van der Waals surface area contributed by atoms with Crippen molar-refractivity contribution >= 4 is 22.7 Å². The largest absolute Gasteiger partial charge is 0.454 e. The zero-order chi connectivity index (χ0) is 19.1. The molecular weight excluding hydrogens is 363 g/mol. The first kappa shape index (κ1) is 16.3. The van der Waals surface area contributed by atoms with Crippen molar-refractivity contribution in [2.75, 3.05) is 12.1 Å². The molecule has 0 atom stereocenters. The fraction of sp³-hybridized carbons (Fsp3) is 0.0476. The molecule has 7 heteroatoms. The number of ether oxygens (including phenoxy) is 2. The average Bonchev–Trinajstić information content (AvgIpc) is 3.34. The molecule has 28 heavy (non-hydrogen) atoms. The quantitative estimate of drug-likeness (QED) is 0.565. The lowest BCUT2D eigenvalue weighted by Crippen LogP contribution is -2.11. The fourth-order valence-corrected chi connectivity index (χ4v) is 2.96. The number of amides is 1. The van der Waals surface area contributed by atoms with Gasteiger partial charge in [0.05, 0.1) is 0 Å². The van der Waals surface area contributed by atoms with Crippen LogP contribution in [0.2, 0.25) is 0 Å². The molecule has 0 bridgehead atoms. The van der Waals surface area contributed by atoms with Crippen LogP contribution in [-0.4, -0.2) is 17.7 Å². The molecule has 0 unspecified atom stereocenters. The first-order valence-electron chi connectivity index (χ1n) is 8.53. The van der Waals surface area contributed by atoms with Crippen LogP contribution in [0.3, 0.4) is 0 Å². The lowest BCUT2D eigenvalue weighted by atomic mass is 10.2. The van der Waals surface area contributed by atoms with E-state index in [2.05, 4.69) is 10.3 Å². The Morgan fingerprint density at radius 2 is 1.79 bits per heavy atom. The third-order valence-electron chi connectivity index (χ3n) is 4.37. The zero-order valence-corrected chi connectivity index (χ0v) is 14.4. The van der Waals surface area contributed by atoms with Gasteiger partial charge in [-0.25, -0.2) is 9.37 Å². The van der Waals surface area contributed by atoms with Gasteiger partial charge in [-0.3, -0.25) is 4.79 Å². The van der Waals surface area contributed by atoms with Crippen LogP contribution in [0.1, 0.15) is 10.4 Å². The number of oxazole rings is 1. The van der Waals surface area contributed by atoms with Crippen LogP contribution in [0.4, 0.5) is 10.1 Å². The second kappa shape index (κ2) is 6.38. The molecule has 6 nitrogen and oxygen atoms in total. The van der Waals surface area contributed by atoms with E-state index in [1.165, 1.54) is 12.1 Å². The monoisotopic (exact) mass is 376 g/mol. The van der Waals surface area contributed by atoms with Crippen LogP contribution in [0.15, 0.2) is 65.1 Å². The molecule has 1 aliphatic heterocycles. The summed E-state index contributed by atoms with van der Waals surface area (Å²) in [4.78, 5) is 16.9. The summed E-state index contributed by atoms with van der Waals surface area (Å²) in [5, 5.41) is 2.83. The van der Waals surface area contributed by atoms with Crippen LogP contribution in [-0.2, 0) is 0 Å². The second-order valence-corrected chi connectivity index (χ2v) is 6.23. The maximum absolute atomic E-state index is 13.1. The Morgan fingerprint density at radius 3 is 2.64 bits per heavy atom. The predicted molar refractivity (Wildman–Crippen MR) is 99.9 cm³/mol. The van der Waals surface area contributed by atoms with Gasteiger partial charge in [0.2, 0.25) is 12.7 Å². The van der Waals surface area contributed by atoms with Gasteiger partial charge in [0.15, 0.2) is 17.1 Å². The molecular formula is C21H13FN2O4. The molecule has 1 aliphatic rings. The molecule has 1 aromatic heterocycles. The highest BCUT2D eigenvalue weighted by atomic mass is 19.1. The highest BCUT2D eigenvalue weighted by Crippen LogP contribution is 2.33. The molecule has 138 valence electrons. The Labute approximate surface area is 158 Å². The number of aromatic nitrogens is 1. The van der Waals surface area contributed by atoms with Crippen molar-refractivity contribution in [3.05, 3.63) is 72.0 Å². The van der Waals surface area contributed by atoms with Gasteiger partial charge in [0, 0.05) is 16.8 Å². The number of rotatable bonds is 3. The maximum Gasteiger partial charge on any atom is 0.255 e. The van der Waals surface area contributed by atoms with Crippen LogP contribution in [0.25, 0.3) is 22.6 Å². The Balaban J connectivity index is 1.40. The number of hydrogen-bond donors (Lipinski definition) is 1. The van der Waals surface area contributed by atoms with Crippen molar-refractivity contribution < 1.29 is 23.1 Å². The summed E-state index contributed by atoms with van der Waals surface area (Å²) in [5.74, 6) is 0.944. The van der Waals surface area contributed by atoms with E-state index in [4.69, 9.17) is 13.9 Å². The van der Waals surface area contributed by atoms with Crippen LogP contribution < -0.4 is 14.8 Å². The van der Waals surface area contributed by atoms with Gasteiger partial charge >= 0.3 is 0 Å². The summed E-state index contributed by atoms with van der Waals surface area (Å²) < 4.78 is 29.4. The van der Waals surface area contributed by atoms with Crippen molar-refractivity contribution in [3.63, 3.8) is 0 Å². The van der Waals surface area contributed by atoms with Gasteiger partial charge in [0.1, 0.15) is 11.3 Å². The van der Waals surface area contributed by atoms with Gasteiger partial charge in [-0.1, -0.05) is 0 Å². The Bertz CT molecular complexity index is 1200. The molecule has 0 fully saturated rings. The normalized spacial score (nSPS) is 12.3. The molecule has 0 spiro atoms. The first-order valence-corrected chi connectivity index (χ1v) is 8.53. The van der Waals surface area contributed by atoms with Gasteiger partial charge in [-0.15, -0.1) is 0 Å². The second-order valence-electron chi connectivity index (χ2n) is 6.23. The van der Waals surface area contributed by atoms with Gasteiger partial charge in [-0.05, 0) is 60.7 Å². The molecule has 0 saturated carbocycles. The molecule has 1 amide bonds. The van der Waals surface area contributed by atoms with E-state index in [1.54, 1.807) is 48.5 Å². The highest BCUT2D eigenvalue weighted by Gasteiger charge is 2.17. The fourth-order valence-electron chi connectivity index (χ4n) is 2.96. The Hall–Kier alpha value is -3.87. The number of benzene rings is 3. The molecule has 0 saturated heterocycles. The van der Waals surface area contributed by atoms with E-state index >= 15 is 0 Å². The summed E-state index contributed by atoms with van der Waals surface area (Å²) in [7, 11) is 0. The standard InChI is InChI=1S/C21H13FN2O4/c22-14-4-1-12(2-5-14)21-24-16-10-15(6-8-17(16)28-21)23-20(25)13-3-7-18-19(9-13)27-11-26-18/h1-10H,11H2,(H,23,25). The number of halogens is 1. The summed E-state index contributed by atoms with van der Waals surface area (Å²) in [6.07, 6.45) is 0. The lowest BCUT2D eigenvalue weighted by molar-refractivity contribution is 0.102. The van der Waals surface area contributed by atoms with E-state index in [9.17, 15) is 9.18 Å². The minimum absolute atomic E-state index is 0.152. The van der Waals surface area contributed by atoms with Crippen LogP contribution in [0.5, 0.6) is 11.5 Å². The number of anilines is 1. The number of carbonyl (C=O) groups is 1. The highest BCUT2D eigenvalue weighted by molar-refractivity contribution is 6.05. The van der Waals surface area contributed by atoms with E-state index in [0.29, 0.717) is 45.3 Å². The van der Waals surface area contributed by atoms with Crippen LogP contribution in [0, 0.1) is 5.82 Å². The number of nitrogens with zero attached hydrogens (tertiary/aromatic N) is 1. The van der Waals surface area contributed by atoms with Crippen molar-refractivity contribution in [3.8, 4) is 23.0 Å². The lowest BCUT2D eigenvalue weighted by Gasteiger charge is -2.05. The average molecular weight is 376 g/mol. The van der Waals surface area contributed by atoms with Crippen LogP contribution >= 0.6 is 0 Å². The third kappa shape index (κ3) is 2.92. The van der Waals surface area contributed by atoms with Crippen molar-refractivity contribution in [2.45, 2.75) is 0 Å². The van der Waals surface area contributed by atoms with Gasteiger partial charge < -0.3 is 19.2 Å². The summed E-state index contributed by atoms with van der Waals surface area (Å²) in [5.41, 5.74) is 2.86. The zero-order valence-electron chi connectivity index (χ0n) is 14.4. The van der Waals surface area contributed by atoms with E-state index in [0.717, 1.165) is 0 Å². The van der Waals surface area contributed by atoms with Gasteiger partial charge in [0.25, 0.3) is 5.91 Å². The molecule has 0 aliphatic carbocycles. The topological polar surface area (TPSA) is 73.6 Å². The minimum atomic E-state index is -0.326. The summed E-state index contributed by atoms with van der Waals surface area (Å²) in [6, 6.07) is 16.1.